The fraction of sp³-hybridized carbons (Fsp3) is 0.400. The number of aromatic nitrogens is 1. The van der Waals surface area contributed by atoms with Crippen molar-refractivity contribution in [2.45, 2.75) is 19.8 Å². The summed E-state index contributed by atoms with van der Waals surface area (Å²) in [6.45, 7) is 4.68. The van der Waals surface area contributed by atoms with Gasteiger partial charge < -0.3 is 4.90 Å². The molecule has 2 heterocycles. The lowest BCUT2D eigenvalue weighted by Crippen LogP contribution is -2.32. The Labute approximate surface area is 102 Å². The van der Waals surface area contributed by atoms with E-state index in [1.54, 1.807) is 0 Å². The highest BCUT2D eigenvalue weighted by molar-refractivity contribution is 5.81. The Morgan fingerprint density at radius 2 is 1.94 bits per heavy atom. The Bertz CT molecular complexity index is 513. The monoisotopic (exact) mass is 226 g/mol. The molecule has 0 atom stereocenters. The number of piperidine rings is 1. The van der Waals surface area contributed by atoms with Gasteiger partial charge in [0.05, 0.1) is 17.4 Å². The van der Waals surface area contributed by atoms with Crippen molar-refractivity contribution >= 4 is 16.6 Å². The second-order valence-corrected chi connectivity index (χ2v) is 5.06. The van der Waals surface area contributed by atoms with Crippen molar-refractivity contribution in [2.24, 2.45) is 5.92 Å². The zero-order valence-corrected chi connectivity index (χ0v) is 10.3. The van der Waals surface area contributed by atoms with Crippen LogP contribution in [-0.4, -0.2) is 18.1 Å². The molecule has 0 unspecified atom stereocenters. The Balaban J connectivity index is 1.90. The van der Waals surface area contributed by atoms with Crippen LogP contribution < -0.4 is 4.90 Å². The van der Waals surface area contributed by atoms with Crippen LogP contribution in [0, 0.1) is 5.92 Å². The standard InChI is InChI=1S/C15H18N2/c1-12-6-8-17(9-7-12)14-10-13-4-2-3-5-15(13)16-11-14/h2-5,10-12H,6-9H2,1H3. The molecule has 1 aromatic heterocycles. The molecule has 2 nitrogen and oxygen atoms in total. The Morgan fingerprint density at radius 3 is 2.76 bits per heavy atom. The van der Waals surface area contributed by atoms with Crippen molar-refractivity contribution in [3.8, 4) is 0 Å². The number of pyridine rings is 1. The van der Waals surface area contributed by atoms with Crippen molar-refractivity contribution in [3.05, 3.63) is 36.5 Å². The summed E-state index contributed by atoms with van der Waals surface area (Å²) >= 11 is 0. The topological polar surface area (TPSA) is 16.1 Å². The van der Waals surface area contributed by atoms with E-state index in [1.807, 2.05) is 12.3 Å². The lowest BCUT2D eigenvalue weighted by Gasteiger charge is -2.32. The smallest absolute Gasteiger partial charge is 0.0703 e. The second kappa shape index (κ2) is 4.36. The van der Waals surface area contributed by atoms with E-state index in [9.17, 15) is 0 Å². The molecule has 2 heteroatoms. The first-order valence-corrected chi connectivity index (χ1v) is 6.43. The molecule has 3 rings (SSSR count). The second-order valence-electron chi connectivity index (χ2n) is 5.06. The van der Waals surface area contributed by atoms with Gasteiger partial charge in [0.2, 0.25) is 0 Å². The van der Waals surface area contributed by atoms with E-state index in [2.05, 4.69) is 41.1 Å². The predicted octanol–water partition coefficient (Wildman–Crippen LogP) is 3.47. The highest BCUT2D eigenvalue weighted by Crippen LogP contribution is 2.24. The van der Waals surface area contributed by atoms with Crippen LogP contribution in [0.4, 0.5) is 5.69 Å². The third-order valence-electron chi connectivity index (χ3n) is 3.72. The van der Waals surface area contributed by atoms with E-state index in [4.69, 9.17) is 0 Å². The quantitative estimate of drug-likeness (QED) is 0.740. The van der Waals surface area contributed by atoms with Crippen molar-refractivity contribution in [1.29, 1.82) is 0 Å². The average Bonchev–Trinajstić information content (AvgIpc) is 2.39. The molecule has 0 amide bonds. The number of para-hydroxylation sites is 1. The first kappa shape index (κ1) is 10.6. The van der Waals surface area contributed by atoms with E-state index in [0.29, 0.717) is 0 Å². The number of hydrogen-bond acceptors (Lipinski definition) is 2. The summed E-state index contributed by atoms with van der Waals surface area (Å²) < 4.78 is 0. The summed E-state index contributed by atoms with van der Waals surface area (Å²) in [4.78, 5) is 6.99. The fourth-order valence-corrected chi connectivity index (χ4v) is 2.50. The molecular weight excluding hydrogens is 208 g/mol. The lowest BCUT2D eigenvalue weighted by atomic mass is 9.99. The van der Waals surface area contributed by atoms with Gasteiger partial charge in [-0.25, -0.2) is 0 Å². The average molecular weight is 226 g/mol. The van der Waals surface area contributed by atoms with Gasteiger partial charge in [0.25, 0.3) is 0 Å². The molecule has 1 aromatic carbocycles. The highest BCUT2D eigenvalue weighted by atomic mass is 15.1. The van der Waals surface area contributed by atoms with Crippen LogP contribution in [0.25, 0.3) is 10.9 Å². The van der Waals surface area contributed by atoms with Gasteiger partial charge in [0, 0.05) is 18.5 Å². The largest absolute Gasteiger partial charge is 0.370 e. The van der Waals surface area contributed by atoms with Crippen LogP contribution >= 0.6 is 0 Å². The van der Waals surface area contributed by atoms with E-state index in [0.717, 1.165) is 11.4 Å². The van der Waals surface area contributed by atoms with Gasteiger partial charge in [-0.2, -0.15) is 0 Å². The van der Waals surface area contributed by atoms with Crippen molar-refractivity contribution in [2.75, 3.05) is 18.0 Å². The van der Waals surface area contributed by atoms with Crippen molar-refractivity contribution < 1.29 is 0 Å². The molecule has 0 bridgehead atoms. The van der Waals surface area contributed by atoms with Gasteiger partial charge in [-0.15, -0.1) is 0 Å². The zero-order chi connectivity index (χ0) is 11.7. The Kier molecular flexibility index (Phi) is 2.71. The Hall–Kier alpha value is -1.57. The molecule has 17 heavy (non-hydrogen) atoms. The SMILES string of the molecule is CC1CCN(c2cnc3ccccc3c2)CC1. The Morgan fingerprint density at radius 1 is 1.18 bits per heavy atom. The molecule has 1 aliphatic rings. The van der Waals surface area contributed by atoms with Crippen LogP contribution in [0.1, 0.15) is 19.8 Å². The summed E-state index contributed by atoms with van der Waals surface area (Å²) in [5.41, 5.74) is 2.36. The minimum Gasteiger partial charge on any atom is -0.370 e. The molecule has 0 N–H and O–H groups in total. The summed E-state index contributed by atoms with van der Waals surface area (Å²) in [6, 6.07) is 10.6. The molecule has 1 saturated heterocycles. The third-order valence-corrected chi connectivity index (χ3v) is 3.72. The van der Waals surface area contributed by atoms with Crippen LogP contribution in [0.2, 0.25) is 0 Å². The number of anilines is 1. The van der Waals surface area contributed by atoms with E-state index in [-0.39, 0.29) is 0 Å². The van der Waals surface area contributed by atoms with Crippen LogP contribution in [0.5, 0.6) is 0 Å². The number of benzene rings is 1. The predicted molar refractivity (Wildman–Crippen MR) is 72.4 cm³/mol. The van der Waals surface area contributed by atoms with E-state index in [1.165, 1.54) is 37.0 Å². The molecular formula is C15H18N2. The molecule has 0 spiro atoms. The number of fused-ring (bicyclic) bond motifs is 1. The number of rotatable bonds is 1. The fourth-order valence-electron chi connectivity index (χ4n) is 2.50. The van der Waals surface area contributed by atoms with Crippen molar-refractivity contribution in [3.63, 3.8) is 0 Å². The van der Waals surface area contributed by atoms with Gasteiger partial charge >= 0.3 is 0 Å². The lowest BCUT2D eigenvalue weighted by molar-refractivity contribution is 0.438. The maximum absolute atomic E-state index is 4.53. The molecule has 1 fully saturated rings. The molecule has 2 aromatic rings. The normalized spacial score (nSPS) is 17.6. The number of nitrogens with zero attached hydrogens (tertiary/aromatic N) is 2. The molecule has 1 aliphatic heterocycles. The van der Waals surface area contributed by atoms with E-state index >= 15 is 0 Å². The molecule has 0 radical (unpaired) electrons. The van der Waals surface area contributed by atoms with E-state index < -0.39 is 0 Å². The van der Waals surface area contributed by atoms with Crippen molar-refractivity contribution in [1.82, 2.24) is 4.98 Å². The summed E-state index contributed by atoms with van der Waals surface area (Å²) in [5, 5.41) is 1.24. The maximum atomic E-state index is 4.53. The third kappa shape index (κ3) is 2.12. The number of hydrogen-bond donors (Lipinski definition) is 0. The van der Waals surface area contributed by atoms with Crippen LogP contribution in [0.15, 0.2) is 36.5 Å². The van der Waals surface area contributed by atoms with Gasteiger partial charge in [-0.05, 0) is 30.9 Å². The minimum absolute atomic E-state index is 0.875. The minimum atomic E-state index is 0.875. The molecule has 0 saturated carbocycles. The van der Waals surface area contributed by atoms with Crippen LogP contribution in [-0.2, 0) is 0 Å². The summed E-state index contributed by atoms with van der Waals surface area (Å²) in [7, 11) is 0. The zero-order valence-electron chi connectivity index (χ0n) is 10.3. The van der Waals surface area contributed by atoms with Gasteiger partial charge in [0.15, 0.2) is 0 Å². The summed E-state index contributed by atoms with van der Waals surface area (Å²) in [6.07, 6.45) is 4.61. The van der Waals surface area contributed by atoms with Gasteiger partial charge in [0.1, 0.15) is 0 Å². The molecule has 0 aliphatic carbocycles. The molecule has 88 valence electrons. The van der Waals surface area contributed by atoms with Crippen LogP contribution in [0.3, 0.4) is 0 Å². The maximum Gasteiger partial charge on any atom is 0.0703 e. The van der Waals surface area contributed by atoms with Gasteiger partial charge in [-0.1, -0.05) is 25.1 Å². The first-order chi connectivity index (χ1) is 8.33. The highest BCUT2D eigenvalue weighted by Gasteiger charge is 2.16. The summed E-state index contributed by atoms with van der Waals surface area (Å²) in [5.74, 6) is 0.875. The first-order valence-electron chi connectivity index (χ1n) is 6.43. The van der Waals surface area contributed by atoms with Gasteiger partial charge in [-0.3, -0.25) is 4.98 Å².